The van der Waals surface area contributed by atoms with Crippen molar-refractivity contribution in [2.45, 2.75) is 38.1 Å². The van der Waals surface area contributed by atoms with Crippen LogP contribution in [0.15, 0.2) is 48.5 Å². The summed E-state index contributed by atoms with van der Waals surface area (Å²) >= 11 is 0. The highest BCUT2D eigenvalue weighted by molar-refractivity contribution is 6.22. The van der Waals surface area contributed by atoms with Gasteiger partial charge in [0, 0.05) is 0 Å². The molecule has 2 aliphatic heterocycles. The number of piperidine rings is 1. The van der Waals surface area contributed by atoms with E-state index in [2.05, 4.69) is 17.0 Å². The van der Waals surface area contributed by atoms with Crippen LogP contribution in [0.3, 0.4) is 0 Å². The zero-order valence-electron chi connectivity index (χ0n) is 18.3. The number of rotatable bonds is 7. The lowest BCUT2D eigenvalue weighted by Gasteiger charge is -2.34. The summed E-state index contributed by atoms with van der Waals surface area (Å²) in [6.07, 6.45) is 4.60. The normalized spacial score (nSPS) is 20.3. The predicted molar refractivity (Wildman–Crippen MR) is 120 cm³/mol. The molecule has 6 heteroatoms. The van der Waals surface area contributed by atoms with Crippen molar-refractivity contribution in [3.05, 3.63) is 54.1 Å². The van der Waals surface area contributed by atoms with Gasteiger partial charge in [0.05, 0.1) is 32.4 Å². The smallest absolute Gasteiger partial charge is 0.251 e. The number of nitrogens with zero attached hydrogens (tertiary/aromatic N) is 2. The van der Waals surface area contributed by atoms with Gasteiger partial charge in [-0.3, -0.25) is 14.5 Å². The molecule has 0 bridgehead atoms. The van der Waals surface area contributed by atoms with E-state index in [1.807, 2.05) is 12.1 Å². The number of methoxy groups -OCH3 is 2. The average Bonchev–Trinajstić information content (AvgIpc) is 3.12. The summed E-state index contributed by atoms with van der Waals surface area (Å²) in [6, 6.07) is 15.0. The van der Waals surface area contributed by atoms with Crippen molar-refractivity contribution in [3.63, 3.8) is 0 Å². The molecule has 2 heterocycles. The van der Waals surface area contributed by atoms with Gasteiger partial charge in [0.15, 0.2) is 0 Å². The van der Waals surface area contributed by atoms with Crippen LogP contribution in [0.2, 0.25) is 0 Å². The number of benzene rings is 2. The first kappa shape index (κ1) is 21.4. The van der Waals surface area contributed by atoms with Crippen molar-refractivity contribution >= 4 is 17.5 Å². The quantitative estimate of drug-likeness (QED) is 0.637. The predicted octanol–water partition coefficient (Wildman–Crippen LogP) is 3.68. The Morgan fingerprint density at radius 2 is 1.45 bits per heavy atom. The summed E-state index contributed by atoms with van der Waals surface area (Å²) in [7, 11) is 3.28. The lowest BCUT2D eigenvalue weighted by Crippen LogP contribution is -2.46. The summed E-state index contributed by atoms with van der Waals surface area (Å²) in [5.41, 5.74) is 1.95. The van der Waals surface area contributed by atoms with E-state index in [1.54, 1.807) is 38.5 Å². The highest BCUT2D eigenvalue weighted by atomic mass is 16.5. The number of carbonyl (C=O) groups is 2. The second-order valence-corrected chi connectivity index (χ2v) is 8.35. The van der Waals surface area contributed by atoms with Crippen LogP contribution >= 0.6 is 0 Å². The standard InChI is InChI=1S/C25H30N2O4/c1-30-21-9-5-18(6-10-21)3-4-19-13-15-26(16-14-19)23-17-24(28)27(25(23)29)20-7-11-22(31-2)12-8-20/h5-12,19,23H,3-4,13-17H2,1-2H3/t23-/m1/s1. The van der Waals surface area contributed by atoms with Gasteiger partial charge < -0.3 is 9.47 Å². The fourth-order valence-electron chi connectivity index (χ4n) is 4.62. The number of anilines is 1. The third-order valence-corrected chi connectivity index (χ3v) is 6.54. The molecule has 4 rings (SSSR count). The Hall–Kier alpha value is -2.86. The number of carbonyl (C=O) groups excluding carboxylic acids is 2. The summed E-state index contributed by atoms with van der Waals surface area (Å²) in [5, 5.41) is 0. The summed E-state index contributed by atoms with van der Waals surface area (Å²) in [5.74, 6) is 2.02. The number of ether oxygens (including phenoxy) is 2. The minimum absolute atomic E-state index is 0.105. The van der Waals surface area contributed by atoms with E-state index in [-0.39, 0.29) is 24.3 Å². The van der Waals surface area contributed by atoms with Crippen LogP contribution in [0.4, 0.5) is 5.69 Å². The van der Waals surface area contributed by atoms with Gasteiger partial charge in [-0.25, -0.2) is 4.90 Å². The molecule has 164 valence electrons. The van der Waals surface area contributed by atoms with E-state index in [4.69, 9.17) is 9.47 Å². The first-order valence-corrected chi connectivity index (χ1v) is 11.0. The second kappa shape index (κ2) is 9.52. The molecule has 0 N–H and O–H groups in total. The molecule has 0 unspecified atom stereocenters. The molecule has 0 spiro atoms. The van der Waals surface area contributed by atoms with E-state index in [1.165, 1.54) is 10.5 Å². The van der Waals surface area contributed by atoms with E-state index in [0.29, 0.717) is 17.4 Å². The number of hydrogen-bond acceptors (Lipinski definition) is 5. The van der Waals surface area contributed by atoms with Gasteiger partial charge in [-0.1, -0.05) is 12.1 Å². The van der Waals surface area contributed by atoms with Crippen LogP contribution in [0.25, 0.3) is 0 Å². The van der Waals surface area contributed by atoms with Crippen molar-refractivity contribution in [3.8, 4) is 11.5 Å². The summed E-state index contributed by atoms with van der Waals surface area (Å²) in [6.45, 7) is 1.74. The maximum atomic E-state index is 13.0. The van der Waals surface area contributed by atoms with Crippen molar-refractivity contribution in [2.75, 3.05) is 32.2 Å². The molecule has 0 saturated carbocycles. The lowest BCUT2D eigenvalue weighted by molar-refractivity contribution is -0.123. The zero-order chi connectivity index (χ0) is 21.8. The maximum Gasteiger partial charge on any atom is 0.251 e. The molecule has 1 atom stereocenters. The molecule has 2 fully saturated rings. The first-order chi connectivity index (χ1) is 15.1. The van der Waals surface area contributed by atoms with E-state index < -0.39 is 0 Å². The van der Waals surface area contributed by atoms with Crippen LogP contribution in [-0.2, 0) is 16.0 Å². The molecular weight excluding hydrogens is 392 g/mol. The fraction of sp³-hybridized carbons (Fsp3) is 0.440. The van der Waals surface area contributed by atoms with E-state index in [0.717, 1.165) is 44.5 Å². The monoisotopic (exact) mass is 422 g/mol. The van der Waals surface area contributed by atoms with Crippen LogP contribution < -0.4 is 14.4 Å². The lowest BCUT2D eigenvalue weighted by atomic mass is 9.90. The third kappa shape index (κ3) is 4.74. The van der Waals surface area contributed by atoms with Gasteiger partial charge in [0.1, 0.15) is 11.5 Å². The highest BCUT2D eigenvalue weighted by Crippen LogP contribution is 2.30. The van der Waals surface area contributed by atoms with Crippen molar-refractivity contribution < 1.29 is 19.1 Å². The molecule has 2 aromatic rings. The fourth-order valence-corrected chi connectivity index (χ4v) is 4.62. The Kier molecular flexibility index (Phi) is 6.56. The highest BCUT2D eigenvalue weighted by Gasteiger charge is 2.43. The Morgan fingerprint density at radius 1 is 0.871 bits per heavy atom. The zero-order valence-corrected chi connectivity index (χ0v) is 18.3. The molecule has 0 radical (unpaired) electrons. The topological polar surface area (TPSA) is 59.1 Å². The number of aryl methyl sites for hydroxylation is 1. The van der Waals surface area contributed by atoms with Crippen LogP contribution in [0.1, 0.15) is 31.2 Å². The van der Waals surface area contributed by atoms with Gasteiger partial charge in [-0.2, -0.15) is 0 Å². The van der Waals surface area contributed by atoms with Crippen LogP contribution in [0.5, 0.6) is 11.5 Å². The number of imide groups is 1. The van der Waals surface area contributed by atoms with Gasteiger partial charge in [0.2, 0.25) is 5.91 Å². The van der Waals surface area contributed by atoms with Crippen LogP contribution in [0, 0.1) is 5.92 Å². The molecule has 2 aliphatic rings. The maximum absolute atomic E-state index is 13.0. The van der Waals surface area contributed by atoms with Gasteiger partial charge >= 0.3 is 0 Å². The van der Waals surface area contributed by atoms with Gasteiger partial charge in [0.25, 0.3) is 5.91 Å². The van der Waals surface area contributed by atoms with Crippen LogP contribution in [-0.4, -0.2) is 50.1 Å². The summed E-state index contributed by atoms with van der Waals surface area (Å²) in [4.78, 5) is 29.2. The SMILES string of the molecule is COc1ccc(CCC2CCN([C@@H]3CC(=O)N(c4ccc(OC)cc4)C3=O)CC2)cc1. The Balaban J connectivity index is 1.30. The summed E-state index contributed by atoms with van der Waals surface area (Å²) < 4.78 is 10.4. The average molecular weight is 423 g/mol. The Labute approximate surface area is 183 Å². The minimum Gasteiger partial charge on any atom is -0.497 e. The van der Waals surface area contributed by atoms with Crippen molar-refractivity contribution in [1.29, 1.82) is 0 Å². The molecule has 31 heavy (non-hydrogen) atoms. The molecule has 0 aliphatic carbocycles. The number of amides is 2. The second-order valence-electron chi connectivity index (χ2n) is 8.35. The number of likely N-dealkylation sites (tertiary alicyclic amines) is 1. The Bertz CT molecular complexity index is 902. The molecule has 0 aromatic heterocycles. The van der Waals surface area contributed by atoms with E-state index >= 15 is 0 Å². The molecule has 2 aromatic carbocycles. The molecule has 6 nitrogen and oxygen atoms in total. The van der Waals surface area contributed by atoms with Crippen molar-refractivity contribution in [2.24, 2.45) is 5.92 Å². The molecule has 2 amide bonds. The largest absolute Gasteiger partial charge is 0.497 e. The van der Waals surface area contributed by atoms with Crippen molar-refractivity contribution in [1.82, 2.24) is 4.90 Å². The van der Waals surface area contributed by atoms with E-state index in [9.17, 15) is 9.59 Å². The molecule has 2 saturated heterocycles. The minimum atomic E-state index is -0.336. The van der Waals surface area contributed by atoms with Gasteiger partial charge in [-0.15, -0.1) is 0 Å². The molecular formula is C25H30N2O4. The third-order valence-electron chi connectivity index (χ3n) is 6.54. The number of hydrogen-bond donors (Lipinski definition) is 0. The Morgan fingerprint density at radius 3 is 2.03 bits per heavy atom. The first-order valence-electron chi connectivity index (χ1n) is 11.0. The van der Waals surface area contributed by atoms with Gasteiger partial charge in [-0.05, 0) is 86.7 Å².